The van der Waals surface area contributed by atoms with E-state index >= 15 is 0 Å². The van der Waals surface area contributed by atoms with Gasteiger partial charge in [-0.25, -0.2) is 0 Å². The highest BCUT2D eigenvalue weighted by Crippen LogP contribution is 2.15. The van der Waals surface area contributed by atoms with Crippen molar-refractivity contribution >= 4 is 22.1 Å². The maximum Gasteiger partial charge on any atom is 0.267 e. The average Bonchev–Trinajstić information content (AvgIpc) is 3.03. The molecule has 6 heteroatoms. The maximum atomic E-state index is 5.16. The number of nitrogens with zero attached hydrogens (tertiary/aromatic N) is 3. The van der Waals surface area contributed by atoms with E-state index in [0.29, 0.717) is 11.7 Å². The van der Waals surface area contributed by atoms with Gasteiger partial charge < -0.3 is 9.36 Å². The van der Waals surface area contributed by atoms with Gasteiger partial charge in [-0.1, -0.05) is 68.7 Å². The summed E-state index contributed by atoms with van der Waals surface area (Å²) in [7, 11) is 0. The molecule has 0 atom stereocenters. The zero-order valence-electron chi connectivity index (χ0n) is 11.5. The van der Waals surface area contributed by atoms with E-state index in [1.807, 2.05) is 54.6 Å². The predicted octanol–water partition coefficient (Wildman–Crippen LogP) is 4.05. The van der Waals surface area contributed by atoms with Gasteiger partial charge in [0, 0.05) is 10.0 Å². The van der Waals surface area contributed by atoms with Crippen LogP contribution in [0.2, 0.25) is 0 Å². The first-order chi connectivity index (χ1) is 10.8. The normalized spacial score (nSPS) is 11.0. The van der Waals surface area contributed by atoms with Crippen LogP contribution in [0.15, 0.2) is 68.7 Å². The summed E-state index contributed by atoms with van der Waals surface area (Å²) in [5.74, 6) is 0.919. The minimum atomic E-state index is 0.132. The van der Waals surface area contributed by atoms with Gasteiger partial charge in [0.1, 0.15) is 0 Å². The van der Waals surface area contributed by atoms with E-state index in [4.69, 9.17) is 9.36 Å². The highest BCUT2D eigenvalue weighted by Gasteiger charge is 2.07. The smallest absolute Gasteiger partial charge is 0.267 e. The molecule has 1 aromatic heterocycles. The summed E-state index contributed by atoms with van der Waals surface area (Å²) in [5.41, 5.74) is 1.84. The molecule has 1 heterocycles. The summed E-state index contributed by atoms with van der Waals surface area (Å²) in [6, 6.07) is 17.3. The molecule has 3 rings (SSSR count). The van der Waals surface area contributed by atoms with Gasteiger partial charge in [-0.2, -0.15) is 4.98 Å². The van der Waals surface area contributed by atoms with Crippen molar-refractivity contribution in [1.82, 2.24) is 10.1 Å². The van der Waals surface area contributed by atoms with Crippen molar-refractivity contribution < 1.29 is 9.36 Å². The second-order valence-electron chi connectivity index (χ2n) is 4.44. The van der Waals surface area contributed by atoms with Crippen molar-refractivity contribution in [2.75, 3.05) is 0 Å². The number of hydrogen-bond acceptors (Lipinski definition) is 5. The first kappa shape index (κ1) is 14.5. The fourth-order valence-electron chi connectivity index (χ4n) is 1.76. The van der Waals surface area contributed by atoms with Gasteiger partial charge in [0.2, 0.25) is 5.82 Å². The van der Waals surface area contributed by atoms with Crippen LogP contribution in [0.5, 0.6) is 0 Å². The van der Waals surface area contributed by atoms with E-state index in [-0.39, 0.29) is 6.61 Å². The highest BCUT2D eigenvalue weighted by atomic mass is 79.9. The monoisotopic (exact) mass is 357 g/mol. The highest BCUT2D eigenvalue weighted by molar-refractivity contribution is 9.10. The maximum absolute atomic E-state index is 5.16. The molecule has 110 valence electrons. The third kappa shape index (κ3) is 3.79. The number of rotatable bonds is 5. The Morgan fingerprint density at radius 2 is 1.86 bits per heavy atom. The third-order valence-corrected chi connectivity index (χ3v) is 3.36. The molecule has 5 nitrogen and oxygen atoms in total. The van der Waals surface area contributed by atoms with E-state index in [2.05, 4.69) is 31.2 Å². The second kappa shape index (κ2) is 7.00. The SMILES string of the molecule is Brc1ccc(/C=N\OCc2nc(-c3ccccc3)no2)cc1. The molecule has 0 bridgehead atoms. The molecule has 0 saturated heterocycles. The van der Waals surface area contributed by atoms with E-state index in [0.717, 1.165) is 15.6 Å². The molecular weight excluding hydrogens is 346 g/mol. The average molecular weight is 358 g/mol. The second-order valence-corrected chi connectivity index (χ2v) is 5.35. The summed E-state index contributed by atoms with van der Waals surface area (Å²) >= 11 is 3.38. The van der Waals surface area contributed by atoms with Crippen LogP contribution in [0.3, 0.4) is 0 Å². The number of benzene rings is 2. The van der Waals surface area contributed by atoms with Crippen molar-refractivity contribution in [3.63, 3.8) is 0 Å². The third-order valence-electron chi connectivity index (χ3n) is 2.83. The minimum absolute atomic E-state index is 0.132. The zero-order valence-corrected chi connectivity index (χ0v) is 13.1. The number of oxime groups is 1. The van der Waals surface area contributed by atoms with E-state index < -0.39 is 0 Å². The van der Waals surface area contributed by atoms with Gasteiger partial charge >= 0.3 is 0 Å². The minimum Gasteiger partial charge on any atom is -0.386 e. The molecule has 0 spiro atoms. The van der Waals surface area contributed by atoms with Crippen molar-refractivity contribution in [3.05, 3.63) is 70.5 Å². The van der Waals surface area contributed by atoms with Crippen LogP contribution in [0.4, 0.5) is 0 Å². The molecule has 0 radical (unpaired) electrons. The van der Waals surface area contributed by atoms with Crippen LogP contribution < -0.4 is 0 Å². The first-order valence-corrected chi connectivity index (χ1v) is 7.39. The zero-order chi connectivity index (χ0) is 15.2. The Morgan fingerprint density at radius 1 is 1.09 bits per heavy atom. The van der Waals surface area contributed by atoms with Crippen LogP contribution in [-0.2, 0) is 11.4 Å². The fourth-order valence-corrected chi connectivity index (χ4v) is 2.02. The summed E-state index contributed by atoms with van der Waals surface area (Å²) in [4.78, 5) is 9.42. The molecule has 0 saturated carbocycles. The molecule has 2 aromatic carbocycles. The van der Waals surface area contributed by atoms with Gasteiger partial charge in [0.15, 0.2) is 6.61 Å². The molecule has 0 aliphatic rings. The topological polar surface area (TPSA) is 60.5 Å². The molecule has 0 fully saturated rings. The molecule has 3 aromatic rings. The molecule has 0 aliphatic heterocycles. The van der Waals surface area contributed by atoms with Gasteiger partial charge in [0.25, 0.3) is 5.89 Å². The lowest BCUT2D eigenvalue weighted by Crippen LogP contribution is -1.89. The molecule has 0 N–H and O–H groups in total. The Balaban J connectivity index is 1.56. The lowest BCUT2D eigenvalue weighted by molar-refractivity contribution is 0.107. The predicted molar refractivity (Wildman–Crippen MR) is 86.3 cm³/mol. The lowest BCUT2D eigenvalue weighted by Gasteiger charge is -1.94. The van der Waals surface area contributed by atoms with Crippen molar-refractivity contribution in [3.8, 4) is 11.4 Å². The van der Waals surface area contributed by atoms with Crippen LogP contribution in [0.1, 0.15) is 11.5 Å². The van der Waals surface area contributed by atoms with Gasteiger partial charge in [0.05, 0.1) is 6.21 Å². The largest absolute Gasteiger partial charge is 0.386 e. The quantitative estimate of drug-likeness (QED) is 0.510. The van der Waals surface area contributed by atoms with Gasteiger partial charge in [-0.15, -0.1) is 0 Å². The summed E-state index contributed by atoms with van der Waals surface area (Å²) in [5, 5.41) is 7.79. The Morgan fingerprint density at radius 3 is 2.64 bits per heavy atom. The number of aromatic nitrogens is 2. The molecule has 22 heavy (non-hydrogen) atoms. The van der Waals surface area contributed by atoms with Crippen LogP contribution in [-0.4, -0.2) is 16.4 Å². The van der Waals surface area contributed by atoms with Crippen molar-refractivity contribution in [2.24, 2.45) is 5.16 Å². The van der Waals surface area contributed by atoms with Gasteiger partial charge in [-0.3, -0.25) is 0 Å². The Hall–Kier alpha value is -2.47. The van der Waals surface area contributed by atoms with E-state index in [1.165, 1.54) is 0 Å². The summed E-state index contributed by atoms with van der Waals surface area (Å²) in [6.45, 7) is 0.132. The number of hydrogen-bond donors (Lipinski definition) is 0. The van der Waals surface area contributed by atoms with Crippen molar-refractivity contribution in [1.29, 1.82) is 0 Å². The van der Waals surface area contributed by atoms with Crippen LogP contribution >= 0.6 is 15.9 Å². The van der Waals surface area contributed by atoms with Crippen molar-refractivity contribution in [2.45, 2.75) is 6.61 Å². The van der Waals surface area contributed by atoms with Crippen LogP contribution in [0.25, 0.3) is 11.4 Å². The van der Waals surface area contributed by atoms with E-state index in [1.54, 1.807) is 6.21 Å². The van der Waals surface area contributed by atoms with Gasteiger partial charge in [-0.05, 0) is 17.7 Å². The first-order valence-electron chi connectivity index (χ1n) is 6.60. The summed E-state index contributed by atoms with van der Waals surface area (Å²) < 4.78 is 6.14. The Bertz CT molecular complexity index is 755. The fraction of sp³-hybridized carbons (Fsp3) is 0.0625. The standard InChI is InChI=1S/C16H12BrN3O2/c17-14-8-6-12(7-9-14)10-18-21-11-15-19-16(20-22-15)13-4-2-1-3-5-13/h1-10H,11H2/b18-10-. The Labute approximate surface area is 135 Å². The molecule has 0 unspecified atom stereocenters. The molecule has 0 amide bonds. The van der Waals surface area contributed by atoms with Crippen LogP contribution in [0, 0.1) is 0 Å². The molecular formula is C16H12BrN3O2. The lowest BCUT2D eigenvalue weighted by atomic mass is 10.2. The number of halogens is 1. The Kier molecular flexibility index (Phi) is 4.60. The molecule has 0 aliphatic carbocycles. The van der Waals surface area contributed by atoms with E-state index in [9.17, 15) is 0 Å². The summed E-state index contributed by atoms with van der Waals surface area (Å²) in [6.07, 6.45) is 1.63.